The van der Waals surface area contributed by atoms with Crippen molar-refractivity contribution in [3.05, 3.63) is 29.8 Å². The third-order valence-electron chi connectivity index (χ3n) is 4.61. The van der Waals surface area contributed by atoms with E-state index in [2.05, 4.69) is 23.7 Å². The van der Waals surface area contributed by atoms with Gasteiger partial charge in [-0.3, -0.25) is 4.79 Å². The summed E-state index contributed by atoms with van der Waals surface area (Å²) in [7, 11) is 0. The monoisotopic (exact) mass is 305 g/mol. The number of ether oxygens (including phenoxy) is 1. The zero-order valence-electron chi connectivity index (χ0n) is 12.6. The third-order valence-corrected chi connectivity index (χ3v) is 5.36. The van der Waals surface area contributed by atoms with Gasteiger partial charge in [-0.05, 0) is 43.2 Å². The fraction of sp³-hybridized carbons (Fsp3) is 0.588. The van der Waals surface area contributed by atoms with Gasteiger partial charge in [-0.15, -0.1) is 11.8 Å². The second kappa shape index (κ2) is 6.41. The Balaban J connectivity index is 1.50. The summed E-state index contributed by atoms with van der Waals surface area (Å²) in [6, 6.07) is 8.41. The molecule has 3 nitrogen and oxygen atoms in total. The van der Waals surface area contributed by atoms with Crippen molar-refractivity contribution in [1.82, 2.24) is 5.32 Å². The first-order valence-corrected chi connectivity index (χ1v) is 8.98. The number of carbonyl (C=O) groups is 1. The lowest BCUT2D eigenvalue weighted by atomic mass is 9.96. The number of carbonyl (C=O) groups excluding carboxylic acids is 1. The van der Waals surface area contributed by atoms with Crippen LogP contribution in [0.5, 0.6) is 0 Å². The molecule has 0 unspecified atom stereocenters. The van der Waals surface area contributed by atoms with E-state index in [-0.39, 0.29) is 17.6 Å². The number of amides is 1. The maximum atomic E-state index is 12.2. The maximum absolute atomic E-state index is 12.2. The molecule has 0 bridgehead atoms. The first-order valence-electron chi connectivity index (χ1n) is 7.75. The van der Waals surface area contributed by atoms with Crippen LogP contribution in [0.3, 0.4) is 0 Å². The molecule has 1 saturated carbocycles. The topological polar surface area (TPSA) is 38.3 Å². The lowest BCUT2D eigenvalue weighted by Crippen LogP contribution is -2.37. The largest absolute Gasteiger partial charge is 0.373 e. The van der Waals surface area contributed by atoms with Gasteiger partial charge in [0.15, 0.2) is 0 Å². The van der Waals surface area contributed by atoms with E-state index >= 15 is 0 Å². The van der Waals surface area contributed by atoms with E-state index in [0.717, 1.165) is 24.8 Å². The molecule has 1 saturated heterocycles. The predicted octanol–water partition coefficient (Wildman–Crippen LogP) is 3.17. The Bertz CT molecular complexity index is 494. The van der Waals surface area contributed by atoms with Crippen LogP contribution in [-0.4, -0.2) is 30.4 Å². The van der Waals surface area contributed by atoms with Crippen LogP contribution >= 0.6 is 11.8 Å². The van der Waals surface area contributed by atoms with Gasteiger partial charge in [-0.2, -0.15) is 0 Å². The van der Waals surface area contributed by atoms with Crippen LogP contribution in [-0.2, 0) is 16.0 Å². The minimum Gasteiger partial charge on any atom is -0.373 e. The standard InChI is InChI=1S/C17H23NO2S/c1-21-15-6-4-13(5-7-15)10-16(19)18-14-11-17(20-12-14)8-2-3-9-17/h4-7,14H,2-3,8-12H2,1H3,(H,18,19)/t14-/m1/s1. The van der Waals surface area contributed by atoms with E-state index < -0.39 is 0 Å². The van der Waals surface area contributed by atoms with Crippen LogP contribution in [0.15, 0.2) is 29.2 Å². The average Bonchev–Trinajstić information content (AvgIpc) is 3.10. The summed E-state index contributed by atoms with van der Waals surface area (Å²) < 4.78 is 5.98. The van der Waals surface area contributed by atoms with Crippen LogP contribution in [0, 0.1) is 0 Å². The minimum atomic E-state index is 0.0813. The Morgan fingerprint density at radius 2 is 2.05 bits per heavy atom. The van der Waals surface area contributed by atoms with Crippen molar-refractivity contribution < 1.29 is 9.53 Å². The molecule has 1 N–H and O–H groups in total. The Labute approximate surface area is 130 Å². The van der Waals surface area contributed by atoms with Gasteiger partial charge in [0, 0.05) is 4.90 Å². The van der Waals surface area contributed by atoms with Gasteiger partial charge in [-0.25, -0.2) is 0 Å². The van der Waals surface area contributed by atoms with Crippen LogP contribution in [0.25, 0.3) is 0 Å². The van der Waals surface area contributed by atoms with E-state index in [0.29, 0.717) is 13.0 Å². The molecule has 2 aliphatic rings. The number of benzene rings is 1. The number of nitrogens with one attached hydrogen (secondary N) is 1. The molecular weight excluding hydrogens is 282 g/mol. The Hall–Kier alpha value is -1.00. The number of rotatable bonds is 4. The molecule has 21 heavy (non-hydrogen) atoms. The van der Waals surface area contributed by atoms with Crippen molar-refractivity contribution in [2.45, 2.75) is 55.1 Å². The van der Waals surface area contributed by atoms with Crippen molar-refractivity contribution in [3.63, 3.8) is 0 Å². The highest BCUT2D eigenvalue weighted by Gasteiger charge is 2.42. The van der Waals surface area contributed by atoms with Gasteiger partial charge >= 0.3 is 0 Å². The minimum absolute atomic E-state index is 0.0813. The molecule has 1 amide bonds. The SMILES string of the molecule is CSc1ccc(CC(=O)N[C@H]2COC3(CCCC3)C2)cc1. The van der Waals surface area contributed by atoms with E-state index in [4.69, 9.17) is 4.74 Å². The summed E-state index contributed by atoms with van der Waals surface area (Å²) >= 11 is 1.72. The molecule has 4 heteroatoms. The summed E-state index contributed by atoms with van der Waals surface area (Å²) in [6.07, 6.45) is 8.36. The summed E-state index contributed by atoms with van der Waals surface area (Å²) in [5, 5.41) is 3.14. The van der Waals surface area contributed by atoms with Crippen LogP contribution in [0.4, 0.5) is 0 Å². The van der Waals surface area contributed by atoms with Crippen LogP contribution < -0.4 is 5.32 Å². The smallest absolute Gasteiger partial charge is 0.224 e. The lowest BCUT2D eigenvalue weighted by Gasteiger charge is -2.21. The van der Waals surface area contributed by atoms with E-state index in [1.165, 1.54) is 17.7 Å². The Morgan fingerprint density at radius 3 is 2.71 bits per heavy atom. The Kier molecular flexibility index (Phi) is 4.55. The summed E-state index contributed by atoms with van der Waals surface area (Å²) in [5.41, 5.74) is 1.15. The van der Waals surface area contributed by atoms with E-state index in [9.17, 15) is 4.79 Å². The normalized spacial score (nSPS) is 23.6. The molecule has 2 fully saturated rings. The molecule has 3 rings (SSSR count). The van der Waals surface area contributed by atoms with Gasteiger partial charge in [0.25, 0.3) is 0 Å². The van der Waals surface area contributed by atoms with Crippen molar-refractivity contribution in [2.75, 3.05) is 12.9 Å². The summed E-state index contributed by atoms with van der Waals surface area (Å²) in [6.45, 7) is 0.678. The molecule has 0 aromatic heterocycles. The molecule has 0 radical (unpaired) electrons. The molecule has 1 heterocycles. The van der Waals surface area contributed by atoms with Crippen LogP contribution in [0.2, 0.25) is 0 Å². The van der Waals surface area contributed by atoms with Crippen LogP contribution in [0.1, 0.15) is 37.7 Å². The maximum Gasteiger partial charge on any atom is 0.224 e. The molecule has 1 aliphatic heterocycles. The number of hydrogen-bond donors (Lipinski definition) is 1. The van der Waals surface area contributed by atoms with Crippen molar-refractivity contribution in [1.29, 1.82) is 0 Å². The van der Waals surface area contributed by atoms with Crippen molar-refractivity contribution in [3.8, 4) is 0 Å². The lowest BCUT2D eigenvalue weighted by molar-refractivity contribution is -0.121. The highest BCUT2D eigenvalue weighted by molar-refractivity contribution is 7.98. The fourth-order valence-electron chi connectivity index (χ4n) is 3.51. The van der Waals surface area contributed by atoms with Crippen molar-refractivity contribution in [2.24, 2.45) is 0 Å². The van der Waals surface area contributed by atoms with Gasteiger partial charge in [0.2, 0.25) is 5.91 Å². The molecule has 1 aromatic rings. The predicted molar refractivity (Wildman–Crippen MR) is 85.6 cm³/mol. The fourth-order valence-corrected chi connectivity index (χ4v) is 3.92. The molecule has 114 valence electrons. The average molecular weight is 305 g/mol. The highest BCUT2D eigenvalue weighted by atomic mass is 32.2. The number of thioether (sulfide) groups is 1. The second-order valence-electron chi connectivity index (χ2n) is 6.19. The quantitative estimate of drug-likeness (QED) is 0.868. The summed E-state index contributed by atoms with van der Waals surface area (Å²) in [4.78, 5) is 13.4. The molecule has 1 aliphatic carbocycles. The Morgan fingerprint density at radius 1 is 1.33 bits per heavy atom. The van der Waals surface area contributed by atoms with Gasteiger partial charge < -0.3 is 10.1 Å². The number of hydrogen-bond acceptors (Lipinski definition) is 3. The molecule has 1 aromatic carbocycles. The highest BCUT2D eigenvalue weighted by Crippen LogP contribution is 2.40. The zero-order chi connectivity index (χ0) is 14.7. The second-order valence-corrected chi connectivity index (χ2v) is 7.07. The zero-order valence-corrected chi connectivity index (χ0v) is 13.4. The first-order chi connectivity index (χ1) is 10.2. The van der Waals surface area contributed by atoms with E-state index in [1.54, 1.807) is 11.8 Å². The first kappa shape index (κ1) is 14.9. The third kappa shape index (κ3) is 3.61. The molecule has 1 spiro atoms. The van der Waals surface area contributed by atoms with Gasteiger partial charge in [0.1, 0.15) is 0 Å². The van der Waals surface area contributed by atoms with E-state index in [1.807, 2.05) is 12.1 Å². The van der Waals surface area contributed by atoms with Gasteiger partial charge in [0.05, 0.1) is 24.7 Å². The summed E-state index contributed by atoms with van der Waals surface area (Å²) in [5.74, 6) is 0.107. The molecular formula is C17H23NO2S. The van der Waals surface area contributed by atoms with Crippen molar-refractivity contribution >= 4 is 17.7 Å². The van der Waals surface area contributed by atoms with Gasteiger partial charge in [-0.1, -0.05) is 25.0 Å². The molecule has 1 atom stereocenters.